The van der Waals surface area contributed by atoms with Crippen LogP contribution in [0.1, 0.15) is 32.1 Å². The van der Waals surface area contributed by atoms with E-state index in [1.54, 1.807) is 0 Å². The van der Waals surface area contributed by atoms with Gasteiger partial charge in [0.05, 0.1) is 19.3 Å². The first-order valence-corrected chi connectivity index (χ1v) is 5.33. The zero-order chi connectivity index (χ0) is 8.73. The van der Waals surface area contributed by atoms with Crippen LogP contribution in [0.25, 0.3) is 0 Å². The number of hydrogen-bond donors (Lipinski definition) is 0. The first-order chi connectivity index (χ1) is 6.42. The molecule has 0 bridgehead atoms. The summed E-state index contributed by atoms with van der Waals surface area (Å²) in [7, 11) is 0. The van der Waals surface area contributed by atoms with Crippen LogP contribution in [0.5, 0.6) is 0 Å². The van der Waals surface area contributed by atoms with Crippen molar-refractivity contribution in [2.75, 3.05) is 13.2 Å². The second-order valence-corrected chi connectivity index (χ2v) is 4.23. The first-order valence-electron chi connectivity index (χ1n) is 5.33. The Labute approximate surface area is 78.3 Å². The normalized spacial score (nSPS) is 45.7. The van der Waals surface area contributed by atoms with Gasteiger partial charge in [0.25, 0.3) is 0 Å². The molecular weight excluding hydrogens is 168 g/mol. The van der Waals surface area contributed by atoms with Gasteiger partial charge in [-0.3, -0.25) is 0 Å². The lowest BCUT2D eigenvalue weighted by Gasteiger charge is -2.30. The van der Waals surface area contributed by atoms with Crippen LogP contribution >= 0.6 is 0 Å². The number of ether oxygens (including phenoxy) is 3. The molecule has 2 saturated heterocycles. The second-order valence-electron chi connectivity index (χ2n) is 4.23. The Morgan fingerprint density at radius 1 is 1.00 bits per heavy atom. The highest BCUT2D eigenvalue weighted by atomic mass is 16.7. The molecule has 3 fully saturated rings. The minimum Gasteiger partial charge on any atom is -0.361 e. The molecule has 2 unspecified atom stereocenters. The molecule has 1 aliphatic carbocycles. The summed E-state index contributed by atoms with van der Waals surface area (Å²) in [5, 5.41) is 0. The maximum atomic E-state index is 5.75. The topological polar surface area (TPSA) is 31.0 Å². The summed E-state index contributed by atoms with van der Waals surface area (Å²) in [5.41, 5.74) is -0.0291. The van der Waals surface area contributed by atoms with Gasteiger partial charge in [0.1, 0.15) is 5.60 Å². The predicted octanol–water partition coefficient (Wildman–Crippen LogP) is 1.46. The molecule has 2 heterocycles. The summed E-state index contributed by atoms with van der Waals surface area (Å²) in [6.07, 6.45) is 6.29. The SMILES string of the molecule is C1COC(C23CCCCC2O3)OC1. The van der Waals surface area contributed by atoms with Gasteiger partial charge in [0, 0.05) is 0 Å². The third-order valence-electron chi connectivity index (χ3n) is 3.36. The maximum absolute atomic E-state index is 5.75. The van der Waals surface area contributed by atoms with Crippen molar-refractivity contribution in [1.82, 2.24) is 0 Å². The van der Waals surface area contributed by atoms with Crippen molar-refractivity contribution in [1.29, 1.82) is 0 Å². The lowest BCUT2D eigenvalue weighted by molar-refractivity contribution is -0.212. The van der Waals surface area contributed by atoms with Crippen LogP contribution in [0.15, 0.2) is 0 Å². The summed E-state index contributed by atoms with van der Waals surface area (Å²) in [6, 6.07) is 0. The van der Waals surface area contributed by atoms with Crippen LogP contribution < -0.4 is 0 Å². The smallest absolute Gasteiger partial charge is 0.189 e. The van der Waals surface area contributed by atoms with E-state index in [4.69, 9.17) is 14.2 Å². The van der Waals surface area contributed by atoms with E-state index in [1.165, 1.54) is 19.3 Å². The van der Waals surface area contributed by atoms with Gasteiger partial charge in [-0.05, 0) is 19.3 Å². The van der Waals surface area contributed by atoms with Crippen LogP contribution in [-0.4, -0.2) is 31.2 Å². The van der Waals surface area contributed by atoms with Crippen LogP contribution in [0.4, 0.5) is 0 Å². The molecule has 3 rings (SSSR count). The lowest BCUT2D eigenvalue weighted by Crippen LogP contribution is -2.41. The molecular formula is C10H16O3. The van der Waals surface area contributed by atoms with Crippen molar-refractivity contribution < 1.29 is 14.2 Å². The highest BCUT2D eigenvalue weighted by Gasteiger charge is 2.63. The van der Waals surface area contributed by atoms with Gasteiger partial charge in [0.15, 0.2) is 6.29 Å². The highest BCUT2D eigenvalue weighted by molar-refractivity contribution is 5.08. The van der Waals surface area contributed by atoms with Gasteiger partial charge in [-0.2, -0.15) is 0 Å². The zero-order valence-corrected chi connectivity index (χ0v) is 7.83. The molecule has 3 nitrogen and oxygen atoms in total. The van der Waals surface area contributed by atoms with Gasteiger partial charge in [0.2, 0.25) is 0 Å². The van der Waals surface area contributed by atoms with E-state index in [2.05, 4.69) is 0 Å². The van der Waals surface area contributed by atoms with E-state index in [9.17, 15) is 0 Å². The van der Waals surface area contributed by atoms with Gasteiger partial charge in [-0.1, -0.05) is 12.8 Å². The Hall–Kier alpha value is -0.120. The van der Waals surface area contributed by atoms with E-state index in [-0.39, 0.29) is 11.9 Å². The molecule has 0 radical (unpaired) electrons. The van der Waals surface area contributed by atoms with Crippen molar-refractivity contribution >= 4 is 0 Å². The number of hydrogen-bond acceptors (Lipinski definition) is 3. The monoisotopic (exact) mass is 184 g/mol. The third-order valence-corrected chi connectivity index (χ3v) is 3.36. The fourth-order valence-electron chi connectivity index (χ4n) is 2.58. The summed E-state index contributed by atoms with van der Waals surface area (Å²) in [4.78, 5) is 0. The average Bonchev–Trinajstić information content (AvgIpc) is 2.94. The Morgan fingerprint density at radius 2 is 1.85 bits per heavy atom. The largest absolute Gasteiger partial charge is 0.361 e. The third kappa shape index (κ3) is 1.22. The average molecular weight is 184 g/mol. The quantitative estimate of drug-likeness (QED) is 0.578. The van der Waals surface area contributed by atoms with Crippen LogP contribution in [-0.2, 0) is 14.2 Å². The van der Waals surface area contributed by atoms with E-state index < -0.39 is 0 Å². The fraction of sp³-hybridized carbons (Fsp3) is 1.00. The van der Waals surface area contributed by atoms with Crippen LogP contribution in [0.3, 0.4) is 0 Å². The van der Waals surface area contributed by atoms with Gasteiger partial charge in [-0.25, -0.2) is 0 Å². The number of epoxide rings is 1. The molecule has 0 amide bonds. The Balaban J connectivity index is 1.69. The lowest BCUT2D eigenvalue weighted by atomic mass is 9.88. The molecule has 2 aliphatic heterocycles. The molecule has 3 aliphatic rings. The minimum absolute atomic E-state index is 0.0291. The van der Waals surface area contributed by atoms with Gasteiger partial charge < -0.3 is 14.2 Å². The molecule has 0 aromatic rings. The van der Waals surface area contributed by atoms with Crippen molar-refractivity contribution in [3.05, 3.63) is 0 Å². The van der Waals surface area contributed by atoms with Gasteiger partial charge >= 0.3 is 0 Å². The number of rotatable bonds is 1. The molecule has 0 aromatic heterocycles. The van der Waals surface area contributed by atoms with E-state index >= 15 is 0 Å². The molecule has 3 heteroatoms. The van der Waals surface area contributed by atoms with Gasteiger partial charge in [-0.15, -0.1) is 0 Å². The number of fused-ring (bicyclic) bond motifs is 1. The predicted molar refractivity (Wildman–Crippen MR) is 46.4 cm³/mol. The molecule has 0 spiro atoms. The highest BCUT2D eigenvalue weighted by Crippen LogP contribution is 2.51. The molecule has 1 saturated carbocycles. The van der Waals surface area contributed by atoms with Crippen molar-refractivity contribution in [2.24, 2.45) is 0 Å². The van der Waals surface area contributed by atoms with Crippen molar-refractivity contribution in [3.8, 4) is 0 Å². The Morgan fingerprint density at radius 3 is 2.62 bits per heavy atom. The molecule has 74 valence electrons. The van der Waals surface area contributed by atoms with E-state index in [0.29, 0.717) is 6.10 Å². The molecule has 13 heavy (non-hydrogen) atoms. The van der Waals surface area contributed by atoms with Crippen LogP contribution in [0, 0.1) is 0 Å². The van der Waals surface area contributed by atoms with Crippen molar-refractivity contribution in [3.63, 3.8) is 0 Å². The van der Waals surface area contributed by atoms with Crippen molar-refractivity contribution in [2.45, 2.75) is 50.1 Å². The fourth-order valence-corrected chi connectivity index (χ4v) is 2.58. The summed E-state index contributed by atoms with van der Waals surface area (Å²) in [5.74, 6) is 0. The standard InChI is InChI=1S/C10H16O3/c1-2-5-10(8(4-1)13-10)9-11-6-3-7-12-9/h8-9H,1-7H2. The van der Waals surface area contributed by atoms with Crippen LogP contribution in [0.2, 0.25) is 0 Å². The zero-order valence-electron chi connectivity index (χ0n) is 7.83. The first kappa shape index (κ1) is 8.21. The summed E-state index contributed by atoms with van der Waals surface area (Å²) < 4.78 is 17.0. The molecule has 2 atom stereocenters. The molecule has 0 N–H and O–H groups in total. The maximum Gasteiger partial charge on any atom is 0.189 e. The second kappa shape index (κ2) is 2.94. The summed E-state index contributed by atoms with van der Waals surface area (Å²) >= 11 is 0. The Bertz CT molecular complexity index is 200. The minimum atomic E-state index is -0.0634. The summed E-state index contributed by atoms with van der Waals surface area (Å²) in [6.45, 7) is 1.67. The molecule has 0 aromatic carbocycles. The van der Waals surface area contributed by atoms with E-state index in [0.717, 1.165) is 26.1 Å². The Kier molecular flexibility index (Phi) is 1.86. The van der Waals surface area contributed by atoms with E-state index in [1.807, 2.05) is 0 Å².